The van der Waals surface area contributed by atoms with Crippen molar-refractivity contribution < 1.29 is 4.79 Å². The molecule has 112 valence electrons. The topological polar surface area (TPSA) is 57.8 Å². The SMILES string of the molecule is C[C@@H](CCc1ccccc1)NC(=O)c1ccc2nc[nH]c2c1. The molecule has 0 fully saturated rings. The molecule has 3 rings (SSSR count). The maximum atomic E-state index is 12.3. The Hall–Kier alpha value is -2.62. The number of nitrogens with zero attached hydrogens (tertiary/aromatic N) is 1. The van der Waals surface area contributed by atoms with Crippen LogP contribution >= 0.6 is 0 Å². The van der Waals surface area contributed by atoms with Gasteiger partial charge < -0.3 is 10.3 Å². The van der Waals surface area contributed by atoms with Gasteiger partial charge in [-0.1, -0.05) is 30.3 Å². The van der Waals surface area contributed by atoms with Gasteiger partial charge in [0.1, 0.15) is 0 Å². The van der Waals surface area contributed by atoms with E-state index in [2.05, 4.69) is 27.4 Å². The summed E-state index contributed by atoms with van der Waals surface area (Å²) in [5.74, 6) is -0.0444. The van der Waals surface area contributed by atoms with Crippen LogP contribution in [0.25, 0.3) is 11.0 Å². The number of aromatic nitrogens is 2. The van der Waals surface area contributed by atoms with Crippen molar-refractivity contribution in [1.29, 1.82) is 0 Å². The number of aromatic amines is 1. The van der Waals surface area contributed by atoms with Crippen LogP contribution in [0.5, 0.6) is 0 Å². The highest BCUT2D eigenvalue weighted by molar-refractivity contribution is 5.97. The second-order valence-corrected chi connectivity index (χ2v) is 5.53. The van der Waals surface area contributed by atoms with E-state index >= 15 is 0 Å². The Labute approximate surface area is 129 Å². The lowest BCUT2D eigenvalue weighted by atomic mass is 10.1. The standard InChI is InChI=1S/C18H19N3O/c1-13(7-8-14-5-3-2-4-6-14)21-18(22)15-9-10-16-17(11-15)20-12-19-16/h2-6,9-13H,7-8H2,1H3,(H,19,20)(H,21,22)/t13-/m0/s1. The number of carbonyl (C=O) groups excluding carboxylic acids is 1. The highest BCUT2D eigenvalue weighted by Crippen LogP contribution is 2.12. The van der Waals surface area contributed by atoms with E-state index in [1.54, 1.807) is 6.33 Å². The second kappa shape index (κ2) is 6.43. The summed E-state index contributed by atoms with van der Waals surface area (Å²) in [7, 11) is 0. The Kier molecular flexibility index (Phi) is 4.19. The van der Waals surface area contributed by atoms with Crippen LogP contribution in [0.1, 0.15) is 29.3 Å². The van der Waals surface area contributed by atoms with Crippen LogP contribution in [-0.2, 0) is 6.42 Å². The molecule has 2 N–H and O–H groups in total. The van der Waals surface area contributed by atoms with Crippen molar-refractivity contribution in [3.63, 3.8) is 0 Å². The Morgan fingerprint density at radius 2 is 2.05 bits per heavy atom. The maximum absolute atomic E-state index is 12.3. The molecule has 3 aromatic rings. The molecular weight excluding hydrogens is 274 g/mol. The quantitative estimate of drug-likeness (QED) is 0.758. The molecule has 1 heterocycles. The lowest BCUT2D eigenvalue weighted by Crippen LogP contribution is -2.32. The predicted octanol–water partition coefficient (Wildman–Crippen LogP) is 3.31. The van der Waals surface area contributed by atoms with Gasteiger partial charge in [0.15, 0.2) is 0 Å². The molecule has 22 heavy (non-hydrogen) atoms. The Morgan fingerprint density at radius 3 is 2.86 bits per heavy atom. The number of hydrogen-bond acceptors (Lipinski definition) is 2. The maximum Gasteiger partial charge on any atom is 0.251 e. The summed E-state index contributed by atoms with van der Waals surface area (Å²) >= 11 is 0. The fraction of sp³-hybridized carbons (Fsp3) is 0.222. The van der Waals surface area contributed by atoms with Crippen molar-refractivity contribution in [2.75, 3.05) is 0 Å². The summed E-state index contributed by atoms with van der Waals surface area (Å²) in [5, 5.41) is 3.05. The molecule has 2 aromatic carbocycles. The highest BCUT2D eigenvalue weighted by Gasteiger charge is 2.11. The van der Waals surface area contributed by atoms with Crippen molar-refractivity contribution in [2.45, 2.75) is 25.8 Å². The van der Waals surface area contributed by atoms with Crippen LogP contribution in [0.15, 0.2) is 54.9 Å². The van der Waals surface area contributed by atoms with E-state index in [0.717, 1.165) is 23.9 Å². The highest BCUT2D eigenvalue weighted by atomic mass is 16.1. The number of hydrogen-bond donors (Lipinski definition) is 2. The molecule has 0 unspecified atom stereocenters. The smallest absolute Gasteiger partial charge is 0.251 e. The van der Waals surface area contributed by atoms with Gasteiger partial charge in [-0.3, -0.25) is 4.79 Å². The van der Waals surface area contributed by atoms with Gasteiger partial charge in [0.25, 0.3) is 5.91 Å². The van der Waals surface area contributed by atoms with Crippen molar-refractivity contribution in [3.05, 3.63) is 66.0 Å². The third kappa shape index (κ3) is 3.34. The van der Waals surface area contributed by atoms with Gasteiger partial charge >= 0.3 is 0 Å². The first-order valence-electron chi connectivity index (χ1n) is 7.50. The van der Waals surface area contributed by atoms with Crippen LogP contribution in [0.4, 0.5) is 0 Å². The van der Waals surface area contributed by atoms with Gasteiger partial charge in [-0.25, -0.2) is 4.98 Å². The largest absolute Gasteiger partial charge is 0.350 e. The van der Waals surface area contributed by atoms with E-state index < -0.39 is 0 Å². The zero-order chi connectivity index (χ0) is 15.4. The van der Waals surface area contributed by atoms with Crippen molar-refractivity contribution in [1.82, 2.24) is 15.3 Å². The Balaban J connectivity index is 1.58. The monoisotopic (exact) mass is 293 g/mol. The summed E-state index contributed by atoms with van der Waals surface area (Å²) in [6, 6.07) is 15.9. The minimum absolute atomic E-state index is 0.0444. The number of fused-ring (bicyclic) bond motifs is 1. The predicted molar refractivity (Wildman–Crippen MR) is 87.8 cm³/mol. The lowest BCUT2D eigenvalue weighted by molar-refractivity contribution is 0.0938. The van der Waals surface area contributed by atoms with Gasteiger partial charge in [-0.05, 0) is 43.5 Å². The zero-order valence-electron chi connectivity index (χ0n) is 12.5. The molecule has 4 nitrogen and oxygen atoms in total. The van der Waals surface area contributed by atoms with Crippen molar-refractivity contribution in [2.24, 2.45) is 0 Å². The molecule has 4 heteroatoms. The summed E-state index contributed by atoms with van der Waals surface area (Å²) in [6.07, 6.45) is 3.51. The molecule has 0 spiro atoms. The van der Waals surface area contributed by atoms with Gasteiger partial charge in [0.05, 0.1) is 17.4 Å². The molecule has 0 radical (unpaired) electrons. The van der Waals surface area contributed by atoms with Gasteiger partial charge in [-0.2, -0.15) is 0 Å². The number of rotatable bonds is 5. The van der Waals surface area contributed by atoms with Crippen molar-refractivity contribution in [3.8, 4) is 0 Å². The zero-order valence-corrected chi connectivity index (χ0v) is 12.5. The van der Waals surface area contributed by atoms with E-state index in [4.69, 9.17) is 0 Å². The molecule has 0 aliphatic heterocycles. The normalized spacial score (nSPS) is 12.2. The van der Waals surface area contributed by atoms with E-state index in [1.165, 1.54) is 5.56 Å². The number of carbonyl (C=O) groups is 1. The number of amides is 1. The first kappa shape index (κ1) is 14.3. The van der Waals surface area contributed by atoms with E-state index in [1.807, 2.05) is 43.3 Å². The number of H-pyrrole nitrogens is 1. The van der Waals surface area contributed by atoms with Gasteiger partial charge in [-0.15, -0.1) is 0 Å². The minimum atomic E-state index is -0.0444. The molecular formula is C18H19N3O. The number of benzene rings is 2. The summed E-state index contributed by atoms with van der Waals surface area (Å²) in [5.41, 5.74) is 3.70. The molecule has 1 amide bonds. The first-order chi connectivity index (χ1) is 10.7. The molecule has 0 aliphatic carbocycles. The Bertz CT molecular complexity index is 764. The lowest BCUT2D eigenvalue weighted by Gasteiger charge is -2.14. The molecule has 1 atom stereocenters. The van der Waals surface area contributed by atoms with Crippen LogP contribution < -0.4 is 5.32 Å². The third-order valence-corrected chi connectivity index (χ3v) is 3.77. The fourth-order valence-corrected chi connectivity index (χ4v) is 2.48. The molecule has 0 saturated carbocycles. The molecule has 0 saturated heterocycles. The summed E-state index contributed by atoms with van der Waals surface area (Å²) in [6.45, 7) is 2.04. The summed E-state index contributed by atoms with van der Waals surface area (Å²) < 4.78 is 0. The number of imidazole rings is 1. The number of nitrogens with one attached hydrogen (secondary N) is 2. The van der Waals surface area contributed by atoms with Gasteiger partial charge in [0, 0.05) is 11.6 Å². The molecule has 0 bridgehead atoms. The Morgan fingerprint density at radius 1 is 1.23 bits per heavy atom. The van der Waals surface area contributed by atoms with Crippen LogP contribution in [0, 0.1) is 0 Å². The summed E-state index contributed by atoms with van der Waals surface area (Å²) in [4.78, 5) is 19.5. The van der Waals surface area contributed by atoms with E-state index in [-0.39, 0.29) is 11.9 Å². The minimum Gasteiger partial charge on any atom is -0.350 e. The van der Waals surface area contributed by atoms with E-state index in [0.29, 0.717) is 5.56 Å². The first-order valence-corrected chi connectivity index (χ1v) is 7.50. The number of aryl methyl sites for hydroxylation is 1. The van der Waals surface area contributed by atoms with Crippen LogP contribution in [0.2, 0.25) is 0 Å². The second-order valence-electron chi connectivity index (χ2n) is 5.53. The fourth-order valence-electron chi connectivity index (χ4n) is 2.48. The average molecular weight is 293 g/mol. The van der Waals surface area contributed by atoms with Crippen molar-refractivity contribution >= 4 is 16.9 Å². The van der Waals surface area contributed by atoms with E-state index in [9.17, 15) is 4.79 Å². The van der Waals surface area contributed by atoms with Crippen LogP contribution in [-0.4, -0.2) is 21.9 Å². The van der Waals surface area contributed by atoms with Gasteiger partial charge in [0.2, 0.25) is 0 Å². The van der Waals surface area contributed by atoms with Crippen LogP contribution in [0.3, 0.4) is 0 Å². The average Bonchev–Trinajstić information content (AvgIpc) is 3.01. The molecule has 0 aliphatic rings. The molecule has 1 aromatic heterocycles. The third-order valence-electron chi connectivity index (χ3n) is 3.77.